The van der Waals surface area contributed by atoms with Crippen LogP contribution in [-0.4, -0.2) is 63.7 Å². The lowest BCUT2D eigenvalue weighted by atomic mass is 10.0. The van der Waals surface area contributed by atoms with Crippen molar-refractivity contribution in [1.82, 2.24) is 30.1 Å². The lowest BCUT2D eigenvalue weighted by Crippen LogP contribution is -2.42. The van der Waals surface area contributed by atoms with Crippen molar-refractivity contribution < 1.29 is 18.8 Å². The number of aromatic nitrogens is 4. The Morgan fingerprint density at radius 2 is 1.97 bits per heavy atom. The van der Waals surface area contributed by atoms with Crippen LogP contribution >= 0.6 is 0 Å². The van der Waals surface area contributed by atoms with Crippen LogP contribution in [0.4, 0.5) is 15.0 Å². The molecule has 2 N–H and O–H groups in total. The Balaban J connectivity index is 1.42. The molecular weight excluding hydrogens is 501 g/mol. The number of rotatable bonds is 8. The van der Waals surface area contributed by atoms with Crippen LogP contribution in [0.1, 0.15) is 22.9 Å². The van der Waals surface area contributed by atoms with Crippen molar-refractivity contribution >= 4 is 11.8 Å². The zero-order valence-corrected chi connectivity index (χ0v) is 22.0. The van der Waals surface area contributed by atoms with E-state index in [4.69, 9.17) is 14.7 Å². The number of halogens is 1. The van der Waals surface area contributed by atoms with Gasteiger partial charge in [0.1, 0.15) is 11.9 Å². The van der Waals surface area contributed by atoms with E-state index in [0.717, 1.165) is 22.5 Å². The fourth-order valence-corrected chi connectivity index (χ4v) is 4.53. The van der Waals surface area contributed by atoms with E-state index in [1.807, 2.05) is 56.3 Å². The number of carbonyl (C=O) groups excluding carboxylic acids is 1. The molecule has 0 unspecified atom stereocenters. The minimum atomic E-state index is -0.616. The highest BCUT2D eigenvalue weighted by molar-refractivity contribution is 5.91. The Kier molecular flexibility index (Phi) is 7.92. The summed E-state index contributed by atoms with van der Waals surface area (Å²) in [5.74, 6) is -0.0916. The van der Waals surface area contributed by atoms with Gasteiger partial charge in [-0.15, -0.1) is 0 Å². The molecule has 0 aliphatic carbocycles. The Labute approximate surface area is 225 Å². The second-order valence-electron chi connectivity index (χ2n) is 9.28. The maximum Gasteiger partial charge on any atom is 0.320 e. The molecule has 1 aliphatic heterocycles. The first-order chi connectivity index (χ1) is 18.9. The Morgan fingerprint density at radius 1 is 1.15 bits per heavy atom. The van der Waals surface area contributed by atoms with E-state index in [9.17, 15) is 9.18 Å². The zero-order valence-electron chi connectivity index (χ0n) is 22.0. The van der Waals surface area contributed by atoms with E-state index in [0.29, 0.717) is 36.8 Å². The predicted molar refractivity (Wildman–Crippen MR) is 144 cm³/mol. The van der Waals surface area contributed by atoms with Crippen molar-refractivity contribution in [3.05, 3.63) is 89.8 Å². The van der Waals surface area contributed by atoms with Gasteiger partial charge in [-0.1, -0.05) is 18.2 Å². The van der Waals surface area contributed by atoms with Crippen molar-refractivity contribution in [2.24, 2.45) is 0 Å². The van der Waals surface area contributed by atoms with Gasteiger partial charge in [0.05, 0.1) is 24.0 Å². The molecule has 4 aromatic rings. The van der Waals surface area contributed by atoms with Crippen molar-refractivity contribution in [3.63, 3.8) is 0 Å². The first kappa shape index (κ1) is 26.4. The van der Waals surface area contributed by atoms with Gasteiger partial charge in [-0.25, -0.2) is 14.5 Å². The molecule has 0 bridgehead atoms. The van der Waals surface area contributed by atoms with Crippen LogP contribution in [0, 0.1) is 19.8 Å². The minimum absolute atomic E-state index is 0.391. The molecular formula is C28H30FN7O3. The number of hydrogen-bond acceptors (Lipinski definition) is 7. The lowest BCUT2D eigenvalue weighted by molar-refractivity contribution is -0.154. The molecule has 11 heteroatoms. The number of nitrogens with zero attached hydrogens (tertiary/aromatic N) is 5. The molecule has 2 amide bonds. The number of hydroxylamine groups is 2. The summed E-state index contributed by atoms with van der Waals surface area (Å²) in [5, 5.41) is 12.5. The summed E-state index contributed by atoms with van der Waals surface area (Å²) < 4.78 is 20.8. The average molecular weight is 532 g/mol. The van der Waals surface area contributed by atoms with Crippen molar-refractivity contribution in [1.29, 1.82) is 0 Å². The van der Waals surface area contributed by atoms with E-state index < -0.39 is 24.1 Å². The van der Waals surface area contributed by atoms with Crippen LogP contribution in [0.5, 0.6) is 0 Å². The quantitative estimate of drug-likeness (QED) is 0.328. The van der Waals surface area contributed by atoms with Crippen LogP contribution in [0.2, 0.25) is 0 Å². The second kappa shape index (κ2) is 11.7. The molecule has 10 nitrogen and oxygen atoms in total. The number of pyridine rings is 2. The zero-order chi connectivity index (χ0) is 27.4. The molecule has 2 atom stereocenters. The standard InChI is InChI=1S/C28H30FN7O3/c1-18-9-10-21(16-31-18)25-19(2)27(36(34-25)22-7-5-4-6-8-22)33-28(37)32-23-17-35(13-14-38-3)39-26(23)20-11-12-30-24(29)15-20/h4-12,15-16,23,26H,13-14,17H2,1-3H3,(H2,32,33,37)/t23-,26+/m1/s1. The van der Waals surface area contributed by atoms with Gasteiger partial charge in [0, 0.05) is 49.4 Å². The van der Waals surface area contributed by atoms with Gasteiger partial charge in [-0.2, -0.15) is 14.6 Å². The van der Waals surface area contributed by atoms with Crippen LogP contribution in [-0.2, 0) is 9.57 Å². The van der Waals surface area contributed by atoms with E-state index >= 15 is 0 Å². The molecule has 202 valence electrons. The number of anilines is 1. The molecule has 0 saturated carbocycles. The number of aryl methyl sites for hydroxylation is 1. The van der Waals surface area contributed by atoms with Gasteiger partial charge in [-0.3, -0.25) is 15.1 Å². The highest BCUT2D eigenvalue weighted by Crippen LogP contribution is 2.32. The maximum atomic E-state index is 13.9. The number of ether oxygens (including phenoxy) is 1. The summed E-state index contributed by atoms with van der Waals surface area (Å²) in [7, 11) is 1.61. The van der Waals surface area contributed by atoms with Crippen molar-refractivity contribution in [2.45, 2.75) is 26.0 Å². The molecule has 1 fully saturated rings. The first-order valence-corrected chi connectivity index (χ1v) is 12.6. The largest absolute Gasteiger partial charge is 0.383 e. The SMILES string of the molecule is COCCN1C[C@@H](NC(=O)Nc2c(C)c(-c3ccc(C)nc3)nn2-c2ccccc2)[C@H](c2ccnc(F)c2)O1. The van der Waals surface area contributed by atoms with Gasteiger partial charge in [0.25, 0.3) is 0 Å². The van der Waals surface area contributed by atoms with Crippen molar-refractivity contribution in [3.8, 4) is 16.9 Å². The van der Waals surface area contributed by atoms with Crippen LogP contribution in [0.25, 0.3) is 16.9 Å². The first-order valence-electron chi connectivity index (χ1n) is 12.6. The highest BCUT2D eigenvalue weighted by Gasteiger charge is 2.37. The number of hydrogen-bond donors (Lipinski definition) is 2. The Morgan fingerprint density at radius 3 is 2.69 bits per heavy atom. The predicted octanol–water partition coefficient (Wildman–Crippen LogP) is 4.21. The number of carbonyl (C=O) groups is 1. The third kappa shape index (κ3) is 5.95. The molecule has 39 heavy (non-hydrogen) atoms. The summed E-state index contributed by atoms with van der Waals surface area (Å²) in [6.07, 6.45) is 2.55. The number of benzene rings is 1. The molecule has 0 radical (unpaired) electrons. The molecule has 5 rings (SSSR count). The van der Waals surface area contributed by atoms with Gasteiger partial charge in [0.2, 0.25) is 5.95 Å². The Hall–Kier alpha value is -4.19. The van der Waals surface area contributed by atoms with Gasteiger partial charge in [-0.05, 0) is 55.8 Å². The van der Waals surface area contributed by atoms with E-state index in [1.165, 1.54) is 12.3 Å². The second-order valence-corrected chi connectivity index (χ2v) is 9.28. The summed E-state index contributed by atoms with van der Waals surface area (Å²) >= 11 is 0. The molecule has 0 spiro atoms. The van der Waals surface area contributed by atoms with E-state index in [-0.39, 0.29) is 0 Å². The lowest BCUT2D eigenvalue weighted by Gasteiger charge is -2.19. The summed E-state index contributed by atoms with van der Waals surface area (Å²) in [4.78, 5) is 27.5. The topological polar surface area (TPSA) is 106 Å². The van der Waals surface area contributed by atoms with Gasteiger partial charge in [0.15, 0.2) is 0 Å². The van der Waals surface area contributed by atoms with Gasteiger partial charge < -0.3 is 10.1 Å². The number of amides is 2. The van der Waals surface area contributed by atoms with Crippen LogP contribution in [0.15, 0.2) is 67.0 Å². The third-order valence-electron chi connectivity index (χ3n) is 6.51. The minimum Gasteiger partial charge on any atom is -0.383 e. The summed E-state index contributed by atoms with van der Waals surface area (Å²) in [5.41, 5.74) is 4.61. The fourth-order valence-electron chi connectivity index (χ4n) is 4.53. The van der Waals surface area contributed by atoms with E-state index in [1.54, 1.807) is 29.1 Å². The average Bonchev–Trinajstić information content (AvgIpc) is 3.49. The fraction of sp³-hybridized carbons (Fsp3) is 0.286. The third-order valence-corrected chi connectivity index (χ3v) is 6.51. The normalized spacial score (nSPS) is 17.3. The van der Waals surface area contributed by atoms with E-state index in [2.05, 4.69) is 20.6 Å². The molecule has 1 aromatic carbocycles. The monoisotopic (exact) mass is 531 g/mol. The highest BCUT2D eigenvalue weighted by atomic mass is 19.1. The smallest absolute Gasteiger partial charge is 0.320 e. The number of methoxy groups -OCH3 is 1. The molecule has 3 aromatic heterocycles. The van der Waals surface area contributed by atoms with Crippen LogP contribution in [0.3, 0.4) is 0 Å². The maximum absolute atomic E-state index is 13.9. The molecule has 1 saturated heterocycles. The van der Waals surface area contributed by atoms with Gasteiger partial charge >= 0.3 is 6.03 Å². The Bertz CT molecular complexity index is 1430. The number of para-hydroxylation sites is 1. The summed E-state index contributed by atoms with van der Waals surface area (Å²) in [6, 6.07) is 15.5. The number of nitrogens with one attached hydrogen (secondary N) is 2. The van der Waals surface area contributed by atoms with Crippen LogP contribution < -0.4 is 10.6 Å². The molecule has 4 heterocycles. The number of urea groups is 1. The van der Waals surface area contributed by atoms with Crippen molar-refractivity contribution in [2.75, 3.05) is 32.1 Å². The molecule has 1 aliphatic rings. The summed E-state index contributed by atoms with van der Waals surface area (Å²) in [6.45, 7) is 5.16.